The van der Waals surface area contributed by atoms with Gasteiger partial charge in [-0.15, -0.1) is 6.58 Å². The second-order valence-electron chi connectivity index (χ2n) is 3.16. The number of hydrogen-bond acceptors (Lipinski definition) is 1. The fraction of sp³-hybridized carbons (Fsp3) is 0.778. The zero-order valence-electron chi connectivity index (χ0n) is 7.41. The van der Waals surface area contributed by atoms with Crippen LogP contribution in [0.4, 0.5) is 0 Å². The van der Waals surface area contributed by atoms with Crippen molar-refractivity contribution in [2.24, 2.45) is 5.92 Å². The van der Waals surface area contributed by atoms with E-state index in [9.17, 15) is 0 Å². The first kappa shape index (κ1) is 9.70. The van der Waals surface area contributed by atoms with Crippen LogP contribution in [0.2, 0.25) is 0 Å². The monoisotopic (exact) mass is 141 g/mol. The van der Waals surface area contributed by atoms with Crippen molar-refractivity contribution in [3.8, 4) is 0 Å². The number of nitrogens with one attached hydrogen (secondary N) is 1. The van der Waals surface area contributed by atoms with Gasteiger partial charge >= 0.3 is 0 Å². The first-order valence-corrected chi connectivity index (χ1v) is 3.95. The first-order chi connectivity index (χ1) is 4.66. The predicted molar refractivity (Wildman–Crippen MR) is 47.1 cm³/mol. The van der Waals surface area contributed by atoms with Crippen molar-refractivity contribution in [2.45, 2.75) is 26.7 Å². The van der Waals surface area contributed by atoms with E-state index in [4.69, 9.17) is 0 Å². The van der Waals surface area contributed by atoms with E-state index in [1.54, 1.807) is 0 Å². The summed E-state index contributed by atoms with van der Waals surface area (Å²) in [4.78, 5) is 0. The van der Waals surface area contributed by atoms with E-state index in [0.29, 0.717) is 0 Å². The minimum atomic E-state index is 0.782. The highest BCUT2D eigenvalue weighted by Gasteiger charge is 1.99. The van der Waals surface area contributed by atoms with Crippen LogP contribution in [0.15, 0.2) is 12.2 Å². The normalized spacial score (nSPS) is 13.1. The maximum atomic E-state index is 3.88. The van der Waals surface area contributed by atoms with Crippen LogP contribution in [-0.4, -0.2) is 13.6 Å². The Balaban J connectivity index is 3.25. The smallest absolute Gasteiger partial charge is 0.00493 e. The summed E-state index contributed by atoms with van der Waals surface area (Å²) in [5.74, 6) is 0.782. The molecule has 0 fully saturated rings. The molecule has 1 heteroatoms. The van der Waals surface area contributed by atoms with E-state index >= 15 is 0 Å². The van der Waals surface area contributed by atoms with E-state index in [0.717, 1.165) is 12.5 Å². The van der Waals surface area contributed by atoms with Crippen LogP contribution in [0.25, 0.3) is 0 Å². The van der Waals surface area contributed by atoms with Gasteiger partial charge < -0.3 is 5.32 Å². The molecule has 0 amide bonds. The minimum Gasteiger partial charge on any atom is -0.320 e. The highest BCUT2D eigenvalue weighted by atomic mass is 14.8. The molecule has 0 aromatic carbocycles. The van der Waals surface area contributed by atoms with Crippen molar-refractivity contribution < 1.29 is 0 Å². The average molecular weight is 141 g/mol. The standard InChI is InChI=1S/C9H19N/c1-8(2)7-9(3)5-6-10-4/h9-10H,1,5-7H2,2-4H3. The maximum absolute atomic E-state index is 3.88. The summed E-state index contributed by atoms with van der Waals surface area (Å²) in [5.41, 5.74) is 1.30. The van der Waals surface area contributed by atoms with Crippen molar-refractivity contribution in [3.05, 3.63) is 12.2 Å². The molecule has 60 valence electrons. The molecule has 10 heavy (non-hydrogen) atoms. The molecular formula is C9H19N. The minimum absolute atomic E-state index is 0.782. The molecule has 1 unspecified atom stereocenters. The highest BCUT2D eigenvalue weighted by molar-refractivity contribution is 4.89. The lowest BCUT2D eigenvalue weighted by Gasteiger charge is -2.09. The Bertz CT molecular complexity index is 96.9. The van der Waals surface area contributed by atoms with Gasteiger partial charge in [-0.2, -0.15) is 0 Å². The lowest BCUT2D eigenvalue weighted by molar-refractivity contribution is 0.513. The third-order valence-electron chi connectivity index (χ3n) is 1.58. The van der Waals surface area contributed by atoms with Gasteiger partial charge in [0.05, 0.1) is 0 Å². The SMILES string of the molecule is C=C(C)CC(C)CCNC. The molecule has 0 aliphatic heterocycles. The van der Waals surface area contributed by atoms with Crippen LogP contribution >= 0.6 is 0 Å². The Kier molecular flexibility index (Phi) is 5.32. The van der Waals surface area contributed by atoms with Crippen LogP contribution in [-0.2, 0) is 0 Å². The molecule has 0 rings (SSSR count). The summed E-state index contributed by atoms with van der Waals surface area (Å²) in [5, 5.41) is 3.14. The molecule has 0 aliphatic rings. The van der Waals surface area contributed by atoms with Crippen LogP contribution < -0.4 is 5.32 Å². The molecule has 0 spiro atoms. The molecule has 0 aromatic rings. The van der Waals surface area contributed by atoms with Crippen molar-refractivity contribution in [3.63, 3.8) is 0 Å². The molecule has 0 bridgehead atoms. The van der Waals surface area contributed by atoms with Crippen molar-refractivity contribution >= 4 is 0 Å². The fourth-order valence-electron chi connectivity index (χ4n) is 1.09. The summed E-state index contributed by atoms with van der Waals surface area (Å²) in [6, 6.07) is 0. The van der Waals surface area contributed by atoms with E-state index in [2.05, 4.69) is 25.7 Å². The van der Waals surface area contributed by atoms with Crippen LogP contribution in [0.5, 0.6) is 0 Å². The van der Waals surface area contributed by atoms with E-state index in [-0.39, 0.29) is 0 Å². The van der Waals surface area contributed by atoms with Gasteiger partial charge in [0.25, 0.3) is 0 Å². The van der Waals surface area contributed by atoms with Gasteiger partial charge in [0.1, 0.15) is 0 Å². The van der Waals surface area contributed by atoms with E-state index in [1.807, 2.05) is 7.05 Å². The highest BCUT2D eigenvalue weighted by Crippen LogP contribution is 2.11. The Morgan fingerprint density at radius 2 is 2.20 bits per heavy atom. The number of allylic oxidation sites excluding steroid dienone is 1. The summed E-state index contributed by atoms with van der Waals surface area (Å²) in [6.45, 7) is 9.37. The molecule has 1 nitrogen and oxygen atoms in total. The molecule has 1 atom stereocenters. The maximum Gasteiger partial charge on any atom is -0.00493 e. The summed E-state index contributed by atoms with van der Waals surface area (Å²) < 4.78 is 0. The number of hydrogen-bond donors (Lipinski definition) is 1. The predicted octanol–water partition coefficient (Wildman–Crippen LogP) is 2.20. The molecule has 0 aliphatic carbocycles. The molecule has 1 N–H and O–H groups in total. The quantitative estimate of drug-likeness (QED) is 0.579. The zero-order chi connectivity index (χ0) is 7.98. The molecule has 0 saturated carbocycles. The summed E-state index contributed by atoms with van der Waals surface area (Å²) in [6.07, 6.45) is 2.42. The van der Waals surface area contributed by atoms with Gasteiger partial charge in [-0.1, -0.05) is 12.5 Å². The third-order valence-corrected chi connectivity index (χ3v) is 1.58. The Labute approximate surface area is 64.5 Å². The average Bonchev–Trinajstić information content (AvgIpc) is 1.82. The second kappa shape index (κ2) is 5.48. The summed E-state index contributed by atoms with van der Waals surface area (Å²) in [7, 11) is 1.99. The Morgan fingerprint density at radius 3 is 2.60 bits per heavy atom. The van der Waals surface area contributed by atoms with Crippen molar-refractivity contribution in [1.82, 2.24) is 5.32 Å². The van der Waals surface area contributed by atoms with Gasteiger partial charge in [0, 0.05) is 0 Å². The molecule has 0 radical (unpaired) electrons. The van der Waals surface area contributed by atoms with E-state index in [1.165, 1.54) is 18.4 Å². The molecular weight excluding hydrogens is 122 g/mol. The fourth-order valence-corrected chi connectivity index (χ4v) is 1.09. The largest absolute Gasteiger partial charge is 0.320 e. The molecule has 0 heterocycles. The van der Waals surface area contributed by atoms with Crippen molar-refractivity contribution in [2.75, 3.05) is 13.6 Å². The van der Waals surface area contributed by atoms with Crippen LogP contribution in [0, 0.1) is 5.92 Å². The molecule has 0 aromatic heterocycles. The Morgan fingerprint density at radius 1 is 1.60 bits per heavy atom. The van der Waals surface area contributed by atoms with Gasteiger partial charge in [0.2, 0.25) is 0 Å². The third kappa shape index (κ3) is 5.83. The van der Waals surface area contributed by atoms with Crippen LogP contribution in [0.1, 0.15) is 26.7 Å². The van der Waals surface area contributed by atoms with Gasteiger partial charge in [0.15, 0.2) is 0 Å². The number of rotatable bonds is 5. The van der Waals surface area contributed by atoms with Crippen molar-refractivity contribution in [1.29, 1.82) is 0 Å². The molecule has 0 saturated heterocycles. The van der Waals surface area contributed by atoms with Gasteiger partial charge in [-0.3, -0.25) is 0 Å². The first-order valence-electron chi connectivity index (χ1n) is 3.95. The van der Waals surface area contributed by atoms with Gasteiger partial charge in [-0.05, 0) is 39.3 Å². The Hall–Kier alpha value is -0.300. The topological polar surface area (TPSA) is 12.0 Å². The summed E-state index contributed by atoms with van der Waals surface area (Å²) >= 11 is 0. The lowest BCUT2D eigenvalue weighted by atomic mass is 10.00. The van der Waals surface area contributed by atoms with Gasteiger partial charge in [-0.25, -0.2) is 0 Å². The zero-order valence-corrected chi connectivity index (χ0v) is 7.41. The second-order valence-corrected chi connectivity index (χ2v) is 3.16. The van der Waals surface area contributed by atoms with Crippen LogP contribution in [0.3, 0.4) is 0 Å². The van der Waals surface area contributed by atoms with E-state index < -0.39 is 0 Å². The lowest BCUT2D eigenvalue weighted by Crippen LogP contribution is -2.11.